The molecule has 0 heterocycles. The Morgan fingerprint density at radius 1 is 1.25 bits per heavy atom. The highest BCUT2D eigenvalue weighted by atomic mass is 16.5. The van der Waals surface area contributed by atoms with Crippen molar-refractivity contribution in [1.29, 1.82) is 0 Å². The molecule has 20 heavy (non-hydrogen) atoms. The van der Waals surface area contributed by atoms with E-state index in [4.69, 9.17) is 4.74 Å². The average Bonchev–Trinajstić information content (AvgIpc) is 3.23. The summed E-state index contributed by atoms with van der Waals surface area (Å²) < 4.78 is 5.21. The van der Waals surface area contributed by atoms with Crippen LogP contribution in [-0.4, -0.2) is 49.2 Å². The van der Waals surface area contributed by atoms with Crippen LogP contribution in [0.2, 0.25) is 0 Å². The summed E-state index contributed by atoms with van der Waals surface area (Å²) in [6, 6.07) is 1.00. The summed E-state index contributed by atoms with van der Waals surface area (Å²) in [5, 5.41) is 3.44. The van der Waals surface area contributed by atoms with Crippen LogP contribution in [0.5, 0.6) is 0 Å². The Morgan fingerprint density at radius 3 is 2.45 bits per heavy atom. The van der Waals surface area contributed by atoms with E-state index in [-0.39, 0.29) is 12.0 Å². The van der Waals surface area contributed by atoms with Crippen LogP contribution in [0.4, 0.5) is 0 Å². The molecule has 2 rings (SSSR count). The fourth-order valence-corrected chi connectivity index (χ4v) is 3.09. The number of hydrogen-bond acceptors (Lipinski definition) is 4. The third kappa shape index (κ3) is 4.74. The van der Waals surface area contributed by atoms with E-state index in [0.717, 1.165) is 12.5 Å². The molecule has 0 aliphatic heterocycles. The van der Waals surface area contributed by atoms with E-state index < -0.39 is 0 Å². The zero-order chi connectivity index (χ0) is 14.5. The Balaban J connectivity index is 1.83. The summed E-state index contributed by atoms with van der Waals surface area (Å²) in [5.74, 6) is 0.778. The number of esters is 1. The first kappa shape index (κ1) is 15.8. The topological polar surface area (TPSA) is 41.6 Å². The molecule has 0 aromatic heterocycles. The van der Waals surface area contributed by atoms with E-state index >= 15 is 0 Å². The van der Waals surface area contributed by atoms with Gasteiger partial charge in [0.25, 0.3) is 0 Å². The molecule has 2 aliphatic rings. The van der Waals surface area contributed by atoms with Crippen LogP contribution in [-0.2, 0) is 9.53 Å². The lowest BCUT2D eigenvalue weighted by molar-refractivity contribution is -0.146. The van der Waals surface area contributed by atoms with E-state index in [1.165, 1.54) is 38.5 Å². The van der Waals surface area contributed by atoms with Gasteiger partial charge < -0.3 is 15.0 Å². The van der Waals surface area contributed by atoms with Gasteiger partial charge in [0.2, 0.25) is 0 Å². The van der Waals surface area contributed by atoms with E-state index in [0.29, 0.717) is 18.7 Å². The molecule has 116 valence electrons. The smallest absolute Gasteiger partial charge is 0.324 e. The van der Waals surface area contributed by atoms with Crippen molar-refractivity contribution in [3.05, 3.63) is 0 Å². The summed E-state index contributed by atoms with van der Waals surface area (Å²) in [4.78, 5) is 14.4. The highest BCUT2D eigenvalue weighted by molar-refractivity contribution is 5.76. The third-order valence-corrected chi connectivity index (χ3v) is 4.66. The van der Waals surface area contributed by atoms with Crippen molar-refractivity contribution in [1.82, 2.24) is 10.2 Å². The molecule has 0 saturated heterocycles. The normalized spacial score (nSPS) is 28.4. The maximum atomic E-state index is 12.1. The molecule has 0 bridgehead atoms. The Bertz CT molecular complexity index is 310. The molecule has 1 N–H and O–H groups in total. The van der Waals surface area contributed by atoms with Gasteiger partial charge >= 0.3 is 5.97 Å². The minimum absolute atomic E-state index is 0.0876. The van der Waals surface area contributed by atoms with Gasteiger partial charge in [-0.3, -0.25) is 4.79 Å². The van der Waals surface area contributed by atoms with Crippen LogP contribution in [0.15, 0.2) is 0 Å². The SMILES string of the molecule is CCOC(=O)C(CN(C)C1CCC(C)CC1)NC1CC1. The number of carbonyl (C=O) groups is 1. The van der Waals surface area contributed by atoms with Gasteiger partial charge in [-0.25, -0.2) is 0 Å². The maximum absolute atomic E-state index is 12.1. The molecular formula is C16H30N2O2. The van der Waals surface area contributed by atoms with Crippen LogP contribution < -0.4 is 5.32 Å². The Morgan fingerprint density at radius 2 is 1.90 bits per heavy atom. The van der Waals surface area contributed by atoms with Gasteiger partial charge in [0.1, 0.15) is 6.04 Å². The van der Waals surface area contributed by atoms with Gasteiger partial charge in [-0.05, 0) is 58.4 Å². The quantitative estimate of drug-likeness (QED) is 0.727. The number of carbonyl (C=O) groups excluding carboxylic acids is 1. The minimum Gasteiger partial charge on any atom is -0.465 e. The summed E-state index contributed by atoms with van der Waals surface area (Å²) >= 11 is 0. The molecular weight excluding hydrogens is 252 g/mol. The van der Waals surface area contributed by atoms with Crippen molar-refractivity contribution >= 4 is 5.97 Å². The highest BCUT2D eigenvalue weighted by Crippen LogP contribution is 2.27. The van der Waals surface area contributed by atoms with Gasteiger partial charge in [0.05, 0.1) is 6.61 Å². The molecule has 0 radical (unpaired) electrons. The molecule has 0 aromatic rings. The van der Waals surface area contributed by atoms with Crippen LogP contribution in [0.25, 0.3) is 0 Å². The summed E-state index contributed by atoms with van der Waals surface area (Å²) in [5.41, 5.74) is 0. The Kier molecular flexibility index (Phi) is 5.85. The second-order valence-corrected chi connectivity index (χ2v) is 6.60. The van der Waals surface area contributed by atoms with Gasteiger partial charge in [-0.2, -0.15) is 0 Å². The molecule has 4 nitrogen and oxygen atoms in total. The number of ether oxygens (including phenoxy) is 1. The van der Waals surface area contributed by atoms with Crippen molar-refractivity contribution in [2.75, 3.05) is 20.2 Å². The molecule has 2 fully saturated rings. The fourth-order valence-electron chi connectivity index (χ4n) is 3.09. The predicted molar refractivity (Wildman–Crippen MR) is 80.6 cm³/mol. The Hall–Kier alpha value is -0.610. The van der Waals surface area contributed by atoms with E-state index in [9.17, 15) is 4.79 Å². The lowest BCUT2D eigenvalue weighted by atomic mass is 9.86. The first-order valence-corrected chi connectivity index (χ1v) is 8.23. The fraction of sp³-hybridized carbons (Fsp3) is 0.938. The molecule has 2 saturated carbocycles. The minimum atomic E-state index is -0.160. The third-order valence-electron chi connectivity index (χ3n) is 4.66. The first-order valence-electron chi connectivity index (χ1n) is 8.23. The van der Waals surface area contributed by atoms with Crippen molar-refractivity contribution in [3.63, 3.8) is 0 Å². The van der Waals surface area contributed by atoms with Gasteiger partial charge in [-0.15, -0.1) is 0 Å². The molecule has 1 unspecified atom stereocenters. The first-order chi connectivity index (χ1) is 9.60. The molecule has 2 aliphatic carbocycles. The zero-order valence-electron chi connectivity index (χ0n) is 13.2. The monoisotopic (exact) mass is 282 g/mol. The van der Waals surface area contributed by atoms with Gasteiger partial charge in [-0.1, -0.05) is 6.92 Å². The largest absolute Gasteiger partial charge is 0.465 e. The zero-order valence-corrected chi connectivity index (χ0v) is 13.2. The highest BCUT2D eigenvalue weighted by Gasteiger charge is 2.31. The molecule has 1 atom stereocenters. The van der Waals surface area contributed by atoms with E-state index in [2.05, 4.69) is 24.2 Å². The lowest BCUT2D eigenvalue weighted by Gasteiger charge is -2.35. The summed E-state index contributed by atoms with van der Waals surface area (Å²) in [7, 11) is 2.15. The number of nitrogens with zero attached hydrogens (tertiary/aromatic N) is 1. The van der Waals surface area contributed by atoms with Crippen LogP contribution in [0.3, 0.4) is 0 Å². The molecule has 0 aromatic carbocycles. The Labute approximate surface area is 123 Å². The number of likely N-dealkylation sites (N-methyl/N-ethyl adjacent to an activating group) is 1. The lowest BCUT2D eigenvalue weighted by Crippen LogP contribution is -2.49. The van der Waals surface area contributed by atoms with Gasteiger partial charge in [0.15, 0.2) is 0 Å². The van der Waals surface area contributed by atoms with Crippen LogP contribution in [0.1, 0.15) is 52.4 Å². The standard InChI is InChI=1S/C16H30N2O2/c1-4-20-16(19)15(17-13-7-8-13)11-18(3)14-9-5-12(2)6-10-14/h12-15,17H,4-11H2,1-3H3. The molecule has 4 heteroatoms. The van der Waals surface area contributed by atoms with E-state index in [1.54, 1.807) is 0 Å². The van der Waals surface area contributed by atoms with Gasteiger partial charge in [0, 0.05) is 18.6 Å². The van der Waals surface area contributed by atoms with Crippen molar-refractivity contribution in [2.45, 2.75) is 70.5 Å². The summed E-state index contributed by atoms with van der Waals surface area (Å²) in [6.07, 6.45) is 7.54. The van der Waals surface area contributed by atoms with Crippen molar-refractivity contribution < 1.29 is 9.53 Å². The van der Waals surface area contributed by atoms with Crippen LogP contribution >= 0.6 is 0 Å². The average molecular weight is 282 g/mol. The summed E-state index contributed by atoms with van der Waals surface area (Å²) in [6.45, 7) is 5.45. The van der Waals surface area contributed by atoms with Crippen LogP contribution in [0, 0.1) is 5.92 Å². The predicted octanol–water partition coefficient (Wildman–Crippen LogP) is 2.18. The maximum Gasteiger partial charge on any atom is 0.324 e. The number of nitrogens with one attached hydrogen (secondary N) is 1. The second kappa shape index (κ2) is 7.41. The number of rotatable bonds is 7. The van der Waals surface area contributed by atoms with E-state index in [1.807, 2.05) is 6.92 Å². The van der Waals surface area contributed by atoms with Crippen molar-refractivity contribution in [2.24, 2.45) is 5.92 Å². The number of hydrogen-bond donors (Lipinski definition) is 1. The van der Waals surface area contributed by atoms with Crippen molar-refractivity contribution in [3.8, 4) is 0 Å². The molecule has 0 amide bonds. The second-order valence-electron chi connectivity index (χ2n) is 6.60. The molecule has 0 spiro atoms.